The lowest BCUT2D eigenvalue weighted by Crippen LogP contribution is -2.50. The van der Waals surface area contributed by atoms with Gasteiger partial charge in [0.2, 0.25) is 5.91 Å². The van der Waals surface area contributed by atoms with Crippen LogP contribution in [-0.2, 0) is 11.3 Å². The van der Waals surface area contributed by atoms with Crippen LogP contribution in [0.1, 0.15) is 37.3 Å². The minimum absolute atomic E-state index is 0.199. The van der Waals surface area contributed by atoms with Gasteiger partial charge in [0.05, 0.1) is 5.41 Å². The van der Waals surface area contributed by atoms with Crippen LogP contribution in [0.25, 0.3) is 0 Å². The fourth-order valence-electron chi connectivity index (χ4n) is 2.80. The van der Waals surface area contributed by atoms with Gasteiger partial charge in [0.1, 0.15) is 0 Å². The van der Waals surface area contributed by atoms with Gasteiger partial charge in [0.25, 0.3) is 0 Å². The maximum atomic E-state index is 12.5. The standard InChI is InChI=1S/C16H24N2O/c1-3-16(9-6-10-17-12-16)15(19)18-11-14-8-5-4-7-13(14)2/h4-5,7-8,17H,3,6,9-12H2,1-2H3,(H,18,19). The second-order valence-electron chi connectivity index (χ2n) is 5.52. The molecular formula is C16H24N2O. The predicted octanol–water partition coefficient (Wildman–Crippen LogP) is 2.39. The lowest BCUT2D eigenvalue weighted by Gasteiger charge is -2.35. The fraction of sp³-hybridized carbons (Fsp3) is 0.562. The average Bonchev–Trinajstić information content (AvgIpc) is 2.46. The van der Waals surface area contributed by atoms with Crippen molar-refractivity contribution < 1.29 is 4.79 Å². The Morgan fingerprint density at radius 3 is 2.84 bits per heavy atom. The molecule has 0 bridgehead atoms. The summed E-state index contributed by atoms with van der Waals surface area (Å²) in [7, 11) is 0. The first-order valence-corrected chi connectivity index (χ1v) is 7.21. The molecule has 1 atom stereocenters. The summed E-state index contributed by atoms with van der Waals surface area (Å²) in [6.07, 6.45) is 2.99. The number of nitrogens with one attached hydrogen (secondary N) is 2. The molecule has 1 unspecified atom stereocenters. The first-order valence-electron chi connectivity index (χ1n) is 7.21. The normalized spacial score (nSPS) is 23.1. The van der Waals surface area contributed by atoms with Crippen molar-refractivity contribution in [2.45, 2.75) is 39.7 Å². The Labute approximate surface area is 115 Å². The molecular weight excluding hydrogens is 236 g/mol. The summed E-state index contributed by atoms with van der Waals surface area (Å²) in [6, 6.07) is 8.21. The van der Waals surface area contributed by atoms with Gasteiger partial charge in [-0.15, -0.1) is 0 Å². The monoisotopic (exact) mass is 260 g/mol. The number of hydrogen-bond donors (Lipinski definition) is 2. The summed E-state index contributed by atoms with van der Waals surface area (Å²) in [6.45, 7) is 6.67. The number of carbonyl (C=O) groups excluding carboxylic acids is 1. The molecule has 104 valence electrons. The van der Waals surface area contributed by atoms with Gasteiger partial charge in [-0.3, -0.25) is 4.79 Å². The lowest BCUT2D eigenvalue weighted by molar-refractivity contribution is -0.132. The highest BCUT2D eigenvalue weighted by Crippen LogP contribution is 2.30. The number of rotatable bonds is 4. The number of amides is 1. The van der Waals surface area contributed by atoms with Crippen LogP contribution in [-0.4, -0.2) is 19.0 Å². The van der Waals surface area contributed by atoms with Gasteiger partial charge in [-0.2, -0.15) is 0 Å². The van der Waals surface area contributed by atoms with Gasteiger partial charge in [0, 0.05) is 13.1 Å². The van der Waals surface area contributed by atoms with E-state index in [0.29, 0.717) is 6.54 Å². The Morgan fingerprint density at radius 1 is 1.42 bits per heavy atom. The van der Waals surface area contributed by atoms with Gasteiger partial charge in [-0.25, -0.2) is 0 Å². The van der Waals surface area contributed by atoms with Crippen molar-refractivity contribution >= 4 is 5.91 Å². The minimum Gasteiger partial charge on any atom is -0.351 e. The van der Waals surface area contributed by atoms with E-state index in [-0.39, 0.29) is 11.3 Å². The summed E-state index contributed by atoms with van der Waals surface area (Å²) < 4.78 is 0. The number of aryl methyl sites for hydroxylation is 1. The Hall–Kier alpha value is -1.35. The highest BCUT2D eigenvalue weighted by Gasteiger charge is 2.37. The van der Waals surface area contributed by atoms with E-state index >= 15 is 0 Å². The zero-order chi connectivity index (χ0) is 13.7. The molecule has 0 radical (unpaired) electrons. The molecule has 1 fully saturated rings. The predicted molar refractivity (Wildman–Crippen MR) is 77.9 cm³/mol. The van der Waals surface area contributed by atoms with Crippen LogP contribution in [0.5, 0.6) is 0 Å². The summed E-state index contributed by atoms with van der Waals surface area (Å²) in [5, 5.41) is 6.48. The van der Waals surface area contributed by atoms with E-state index in [1.165, 1.54) is 11.1 Å². The summed E-state index contributed by atoms with van der Waals surface area (Å²) in [4.78, 5) is 12.5. The maximum absolute atomic E-state index is 12.5. The maximum Gasteiger partial charge on any atom is 0.227 e. The lowest BCUT2D eigenvalue weighted by atomic mass is 9.77. The second-order valence-corrected chi connectivity index (χ2v) is 5.52. The number of piperidine rings is 1. The molecule has 1 saturated heterocycles. The van der Waals surface area contributed by atoms with Gasteiger partial charge in [-0.1, -0.05) is 31.2 Å². The molecule has 0 aromatic heterocycles. The highest BCUT2D eigenvalue weighted by atomic mass is 16.2. The van der Waals surface area contributed by atoms with Crippen molar-refractivity contribution in [3.8, 4) is 0 Å². The van der Waals surface area contributed by atoms with Crippen LogP contribution in [0, 0.1) is 12.3 Å². The van der Waals surface area contributed by atoms with Gasteiger partial charge in [0.15, 0.2) is 0 Å². The molecule has 1 aliphatic rings. The van der Waals surface area contributed by atoms with Gasteiger partial charge in [-0.05, 0) is 43.9 Å². The van der Waals surface area contributed by atoms with E-state index < -0.39 is 0 Å². The summed E-state index contributed by atoms with van der Waals surface area (Å²) >= 11 is 0. The minimum atomic E-state index is -0.207. The number of hydrogen-bond acceptors (Lipinski definition) is 2. The molecule has 1 aliphatic heterocycles. The smallest absolute Gasteiger partial charge is 0.227 e. The average molecular weight is 260 g/mol. The van der Waals surface area contributed by atoms with Crippen molar-refractivity contribution in [1.29, 1.82) is 0 Å². The van der Waals surface area contributed by atoms with Crippen molar-refractivity contribution in [2.24, 2.45) is 5.41 Å². The van der Waals surface area contributed by atoms with Crippen LogP contribution in [0.2, 0.25) is 0 Å². The topological polar surface area (TPSA) is 41.1 Å². The molecule has 3 heteroatoms. The molecule has 2 N–H and O–H groups in total. The Morgan fingerprint density at radius 2 is 2.21 bits per heavy atom. The van der Waals surface area contributed by atoms with Crippen LogP contribution in [0.15, 0.2) is 24.3 Å². The van der Waals surface area contributed by atoms with E-state index in [2.05, 4.69) is 36.6 Å². The van der Waals surface area contributed by atoms with Gasteiger partial charge >= 0.3 is 0 Å². The van der Waals surface area contributed by atoms with E-state index in [9.17, 15) is 4.79 Å². The first kappa shape index (κ1) is 14.1. The Kier molecular flexibility index (Phi) is 4.59. The molecule has 1 aromatic rings. The molecule has 0 spiro atoms. The molecule has 1 heterocycles. The molecule has 2 rings (SSSR count). The zero-order valence-electron chi connectivity index (χ0n) is 12.0. The quantitative estimate of drug-likeness (QED) is 0.873. The molecule has 1 aromatic carbocycles. The van der Waals surface area contributed by atoms with Crippen LogP contribution in [0.4, 0.5) is 0 Å². The SMILES string of the molecule is CCC1(C(=O)NCc2ccccc2C)CCCNC1. The highest BCUT2D eigenvalue weighted by molar-refractivity contribution is 5.83. The third-order valence-electron chi connectivity index (χ3n) is 4.33. The van der Waals surface area contributed by atoms with Crippen LogP contribution < -0.4 is 10.6 Å². The Bertz CT molecular complexity index is 436. The third-order valence-corrected chi connectivity index (χ3v) is 4.33. The third kappa shape index (κ3) is 3.16. The molecule has 19 heavy (non-hydrogen) atoms. The van der Waals surface area contributed by atoms with Gasteiger partial charge < -0.3 is 10.6 Å². The van der Waals surface area contributed by atoms with Crippen LogP contribution >= 0.6 is 0 Å². The second kappa shape index (κ2) is 6.20. The molecule has 0 saturated carbocycles. The summed E-state index contributed by atoms with van der Waals surface area (Å²) in [5.74, 6) is 0.199. The zero-order valence-corrected chi connectivity index (χ0v) is 12.0. The molecule has 3 nitrogen and oxygen atoms in total. The fourth-order valence-corrected chi connectivity index (χ4v) is 2.80. The first-order chi connectivity index (χ1) is 9.18. The van der Waals surface area contributed by atoms with Crippen molar-refractivity contribution in [1.82, 2.24) is 10.6 Å². The van der Waals surface area contributed by atoms with E-state index in [1.54, 1.807) is 0 Å². The van der Waals surface area contributed by atoms with E-state index in [1.807, 2.05) is 12.1 Å². The summed E-state index contributed by atoms with van der Waals surface area (Å²) in [5.41, 5.74) is 2.22. The van der Waals surface area contributed by atoms with Crippen molar-refractivity contribution in [2.75, 3.05) is 13.1 Å². The van der Waals surface area contributed by atoms with Crippen LogP contribution in [0.3, 0.4) is 0 Å². The number of carbonyl (C=O) groups is 1. The number of benzene rings is 1. The van der Waals surface area contributed by atoms with Crippen molar-refractivity contribution in [3.05, 3.63) is 35.4 Å². The Balaban J connectivity index is 1.98. The molecule has 1 amide bonds. The van der Waals surface area contributed by atoms with E-state index in [4.69, 9.17) is 0 Å². The largest absolute Gasteiger partial charge is 0.351 e. The molecule has 0 aliphatic carbocycles. The van der Waals surface area contributed by atoms with E-state index in [0.717, 1.165) is 32.4 Å². The van der Waals surface area contributed by atoms with Crippen molar-refractivity contribution in [3.63, 3.8) is 0 Å².